The Morgan fingerprint density at radius 1 is 1.03 bits per heavy atom. The van der Waals surface area contributed by atoms with Crippen LogP contribution in [-0.4, -0.2) is 34.5 Å². The molecule has 0 fully saturated rings. The highest BCUT2D eigenvalue weighted by Crippen LogP contribution is 2.25. The van der Waals surface area contributed by atoms with E-state index in [9.17, 15) is 13.2 Å². The predicted octanol–water partition coefficient (Wildman–Crippen LogP) is 4.29. The third-order valence-corrected chi connectivity index (χ3v) is 8.41. The van der Waals surface area contributed by atoms with Gasteiger partial charge in [0.25, 0.3) is 0 Å². The van der Waals surface area contributed by atoms with Crippen LogP contribution in [0.15, 0.2) is 87.0 Å². The van der Waals surface area contributed by atoms with Crippen LogP contribution < -0.4 is 4.87 Å². The quantitative estimate of drug-likeness (QED) is 0.327. The van der Waals surface area contributed by atoms with Crippen LogP contribution in [0.2, 0.25) is 0 Å². The molecule has 0 N–H and O–H groups in total. The lowest BCUT2D eigenvalue weighted by Crippen LogP contribution is -2.26. The Labute approximate surface area is 206 Å². The van der Waals surface area contributed by atoms with Gasteiger partial charge in [-0.15, -0.1) is 0 Å². The van der Waals surface area contributed by atoms with Gasteiger partial charge in [0, 0.05) is 12.6 Å². The summed E-state index contributed by atoms with van der Waals surface area (Å²) in [4.78, 5) is 16.9. The normalized spacial score (nSPS) is 12.0. The number of nitrogens with zero attached hydrogens (tertiary/aromatic N) is 4. The molecule has 0 amide bonds. The maximum atomic E-state index is 13.2. The van der Waals surface area contributed by atoms with Gasteiger partial charge in [0.1, 0.15) is 0 Å². The van der Waals surface area contributed by atoms with Crippen molar-refractivity contribution in [1.29, 1.82) is 0 Å². The molecule has 8 nitrogen and oxygen atoms in total. The highest BCUT2D eigenvalue weighted by atomic mass is 32.2. The van der Waals surface area contributed by atoms with E-state index in [2.05, 4.69) is 10.1 Å². The van der Waals surface area contributed by atoms with E-state index in [1.165, 1.54) is 13.1 Å². The molecule has 0 unspecified atom stereocenters. The fourth-order valence-electron chi connectivity index (χ4n) is 3.72. The van der Waals surface area contributed by atoms with Crippen LogP contribution in [0.5, 0.6) is 0 Å². The zero-order valence-electron chi connectivity index (χ0n) is 19.1. The number of benzene rings is 3. The number of fused-ring (bicyclic) bond motifs is 1. The van der Waals surface area contributed by atoms with Gasteiger partial charge in [-0.05, 0) is 30.7 Å². The second kappa shape index (κ2) is 9.21. The van der Waals surface area contributed by atoms with Crippen LogP contribution in [0, 0.1) is 6.92 Å². The van der Waals surface area contributed by atoms with Crippen molar-refractivity contribution in [3.05, 3.63) is 99.5 Å². The largest absolute Gasteiger partial charge is 0.338 e. The van der Waals surface area contributed by atoms with Crippen LogP contribution in [0.3, 0.4) is 0 Å². The van der Waals surface area contributed by atoms with Gasteiger partial charge in [-0.3, -0.25) is 9.36 Å². The van der Waals surface area contributed by atoms with Crippen molar-refractivity contribution >= 4 is 31.6 Å². The Morgan fingerprint density at radius 2 is 1.77 bits per heavy atom. The molecule has 5 rings (SSSR count). The molecule has 0 saturated carbocycles. The Balaban J connectivity index is 1.38. The molecule has 2 heterocycles. The number of sulfonamides is 1. The molecule has 10 heteroatoms. The molecule has 0 spiro atoms. The lowest BCUT2D eigenvalue weighted by atomic mass is 10.1. The first-order valence-electron chi connectivity index (χ1n) is 10.8. The van der Waals surface area contributed by atoms with Gasteiger partial charge in [0.15, 0.2) is 0 Å². The van der Waals surface area contributed by atoms with Gasteiger partial charge in [-0.25, -0.2) is 8.42 Å². The van der Waals surface area contributed by atoms with E-state index in [0.717, 1.165) is 32.3 Å². The summed E-state index contributed by atoms with van der Waals surface area (Å²) in [7, 11) is -2.39. The highest BCUT2D eigenvalue weighted by molar-refractivity contribution is 7.89. The molecule has 0 atom stereocenters. The van der Waals surface area contributed by atoms with Gasteiger partial charge in [0.05, 0.1) is 28.2 Å². The minimum absolute atomic E-state index is 0.0789. The minimum atomic E-state index is -3.85. The van der Waals surface area contributed by atoms with E-state index in [4.69, 9.17) is 4.52 Å². The number of hydrogen-bond donors (Lipinski definition) is 0. The summed E-state index contributed by atoms with van der Waals surface area (Å²) < 4.78 is 35.2. The SMILES string of the molecule is Cc1ccc(-c2noc(CN(C)S(=O)(=O)c3ccc4c(c3)sc(=O)n4Cc3ccccc3)n2)cc1. The standard InChI is InChI=1S/C25H22N4O4S2/c1-17-8-10-19(11-9-17)24-26-23(33-27-24)16-28(2)35(31,32)20-12-13-21-22(14-20)34-25(30)29(21)15-18-6-4-3-5-7-18/h3-14H,15-16H2,1-2H3. The fraction of sp³-hybridized carbons (Fsp3) is 0.160. The fourth-order valence-corrected chi connectivity index (χ4v) is 5.87. The molecule has 0 radical (unpaired) electrons. The molecule has 0 saturated heterocycles. The molecule has 0 aliphatic rings. The van der Waals surface area contributed by atoms with Gasteiger partial charge >= 0.3 is 4.87 Å². The molecule has 178 valence electrons. The van der Waals surface area contributed by atoms with Crippen molar-refractivity contribution in [2.45, 2.75) is 24.9 Å². The van der Waals surface area contributed by atoms with Crippen molar-refractivity contribution in [1.82, 2.24) is 19.0 Å². The Morgan fingerprint density at radius 3 is 2.51 bits per heavy atom. The van der Waals surface area contributed by atoms with Gasteiger partial charge in [0.2, 0.25) is 21.7 Å². The van der Waals surface area contributed by atoms with Crippen LogP contribution in [-0.2, 0) is 23.1 Å². The summed E-state index contributed by atoms with van der Waals surface area (Å²) in [5.74, 6) is 0.586. The molecular weight excluding hydrogens is 484 g/mol. The minimum Gasteiger partial charge on any atom is -0.338 e. The topological polar surface area (TPSA) is 98.3 Å². The van der Waals surface area contributed by atoms with Crippen molar-refractivity contribution < 1.29 is 12.9 Å². The third-order valence-electron chi connectivity index (χ3n) is 5.67. The average molecular weight is 507 g/mol. The number of thiazole rings is 1. The van der Waals surface area contributed by atoms with Crippen LogP contribution in [0.4, 0.5) is 0 Å². The predicted molar refractivity (Wildman–Crippen MR) is 135 cm³/mol. The molecule has 35 heavy (non-hydrogen) atoms. The smallest absolute Gasteiger partial charge is 0.308 e. The summed E-state index contributed by atoms with van der Waals surface area (Å²) in [6.45, 7) is 2.33. The maximum absolute atomic E-state index is 13.2. The number of aromatic nitrogens is 3. The number of hydrogen-bond acceptors (Lipinski definition) is 7. The molecule has 0 aliphatic heterocycles. The Kier molecular flexibility index (Phi) is 6.10. The molecular formula is C25H22N4O4S2. The van der Waals surface area contributed by atoms with E-state index in [1.54, 1.807) is 16.7 Å². The molecule has 0 bridgehead atoms. The van der Waals surface area contributed by atoms with E-state index in [-0.39, 0.29) is 22.2 Å². The van der Waals surface area contributed by atoms with Crippen LogP contribution >= 0.6 is 11.3 Å². The Bertz CT molecular complexity index is 1650. The molecule has 2 aromatic heterocycles. The first-order chi connectivity index (χ1) is 16.8. The van der Waals surface area contributed by atoms with E-state index >= 15 is 0 Å². The van der Waals surface area contributed by atoms with Gasteiger partial charge in [-0.1, -0.05) is 76.7 Å². The maximum Gasteiger partial charge on any atom is 0.308 e. The number of aryl methyl sites for hydroxylation is 1. The lowest BCUT2D eigenvalue weighted by Gasteiger charge is -2.15. The van der Waals surface area contributed by atoms with E-state index in [1.807, 2.05) is 61.5 Å². The van der Waals surface area contributed by atoms with E-state index < -0.39 is 10.0 Å². The zero-order chi connectivity index (χ0) is 24.6. The monoisotopic (exact) mass is 506 g/mol. The first-order valence-corrected chi connectivity index (χ1v) is 13.1. The summed E-state index contributed by atoms with van der Waals surface area (Å²) in [6, 6.07) is 22.1. The summed E-state index contributed by atoms with van der Waals surface area (Å²) in [6.07, 6.45) is 0. The third kappa shape index (κ3) is 4.68. The summed E-state index contributed by atoms with van der Waals surface area (Å²) in [5, 5.41) is 3.97. The van der Waals surface area contributed by atoms with Gasteiger partial charge < -0.3 is 4.52 Å². The molecule has 0 aliphatic carbocycles. The van der Waals surface area contributed by atoms with Crippen molar-refractivity contribution in [2.75, 3.05) is 7.05 Å². The highest BCUT2D eigenvalue weighted by Gasteiger charge is 2.24. The average Bonchev–Trinajstić information content (AvgIpc) is 3.44. The van der Waals surface area contributed by atoms with Crippen molar-refractivity contribution in [3.8, 4) is 11.4 Å². The van der Waals surface area contributed by atoms with Crippen LogP contribution in [0.1, 0.15) is 17.0 Å². The Hall–Kier alpha value is -3.60. The molecule has 5 aromatic rings. The lowest BCUT2D eigenvalue weighted by molar-refractivity contribution is 0.337. The summed E-state index contributed by atoms with van der Waals surface area (Å²) >= 11 is 1.03. The van der Waals surface area contributed by atoms with Crippen molar-refractivity contribution in [3.63, 3.8) is 0 Å². The van der Waals surface area contributed by atoms with E-state index in [0.29, 0.717) is 22.6 Å². The van der Waals surface area contributed by atoms with Gasteiger partial charge in [-0.2, -0.15) is 9.29 Å². The summed E-state index contributed by atoms with van der Waals surface area (Å²) in [5.41, 5.74) is 3.59. The van der Waals surface area contributed by atoms with Crippen molar-refractivity contribution in [2.24, 2.45) is 0 Å². The van der Waals surface area contributed by atoms with Crippen LogP contribution in [0.25, 0.3) is 21.6 Å². The first kappa shape index (κ1) is 23.2. The number of rotatable bonds is 7. The molecule has 3 aromatic carbocycles. The second-order valence-electron chi connectivity index (χ2n) is 8.21. The second-order valence-corrected chi connectivity index (χ2v) is 11.2. The zero-order valence-corrected chi connectivity index (χ0v) is 20.7.